The van der Waals surface area contributed by atoms with Gasteiger partial charge in [-0.2, -0.15) is 0 Å². The Labute approximate surface area is 222 Å². The van der Waals surface area contributed by atoms with Crippen LogP contribution < -0.4 is 10.2 Å². The van der Waals surface area contributed by atoms with Gasteiger partial charge in [-0.3, -0.25) is 9.69 Å². The summed E-state index contributed by atoms with van der Waals surface area (Å²) in [4.78, 5) is 30.7. The Kier molecular flexibility index (Phi) is 7.54. The summed E-state index contributed by atoms with van der Waals surface area (Å²) in [6.45, 7) is 2.83. The second-order valence-electron chi connectivity index (χ2n) is 9.43. The number of aromatic nitrogens is 1. The van der Waals surface area contributed by atoms with Gasteiger partial charge in [-0.05, 0) is 53.9 Å². The third-order valence-electron chi connectivity index (χ3n) is 6.86. The van der Waals surface area contributed by atoms with Crippen LogP contribution in [0.2, 0.25) is 0 Å². The van der Waals surface area contributed by atoms with E-state index in [0.29, 0.717) is 13.1 Å². The number of hydrogen-bond donors (Lipinski definition) is 1. The van der Waals surface area contributed by atoms with Gasteiger partial charge >= 0.3 is 6.03 Å². The number of fused-ring (bicyclic) bond motifs is 3. The van der Waals surface area contributed by atoms with E-state index in [2.05, 4.69) is 16.8 Å². The Morgan fingerprint density at radius 1 is 0.895 bits per heavy atom. The smallest absolute Gasteiger partial charge is 0.318 e. The third-order valence-corrected chi connectivity index (χ3v) is 6.86. The molecule has 1 N–H and O–H groups in total. The Hall–Kier alpha value is -4.39. The molecule has 38 heavy (non-hydrogen) atoms. The molecule has 0 spiro atoms. The number of rotatable bonds is 8. The van der Waals surface area contributed by atoms with Crippen LogP contribution in [-0.2, 0) is 11.3 Å². The Balaban J connectivity index is 1.46. The Bertz CT molecular complexity index is 1400. The van der Waals surface area contributed by atoms with E-state index in [9.17, 15) is 14.0 Å². The van der Waals surface area contributed by atoms with Crippen molar-refractivity contribution in [2.24, 2.45) is 0 Å². The average molecular weight is 511 g/mol. The summed E-state index contributed by atoms with van der Waals surface area (Å²) in [5.74, 6) is -0.538. The topological polar surface area (TPSA) is 57.6 Å². The van der Waals surface area contributed by atoms with Crippen molar-refractivity contribution in [3.8, 4) is 5.69 Å². The molecule has 0 radical (unpaired) electrons. The van der Waals surface area contributed by atoms with Crippen LogP contribution in [0.5, 0.6) is 0 Å². The summed E-state index contributed by atoms with van der Waals surface area (Å²) in [5, 5.41) is 2.97. The molecule has 7 heteroatoms. The second-order valence-corrected chi connectivity index (χ2v) is 9.43. The van der Waals surface area contributed by atoms with E-state index in [1.165, 1.54) is 12.1 Å². The molecule has 1 unspecified atom stereocenters. The highest BCUT2D eigenvalue weighted by Gasteiger charge is 2.36. The SMILES string of the molecule is CCCCN(CC(=O)N1c2ccccc2-n2cccc2C1c1ccc(F)cc1)C(=O)NCc1ccccc1. The van der Waals surface area contributed by atoms with E-state index in [1.807, 2.05) is 72.9 Å². The zero-order valence-electron chi connectivity index (χ0n) is 21.4. The number of nitrogens with one attached hydrogen (secondary N) is 1. The predicted octanol–water partition coefficient (Wildman–Crippen LogP) is 6.06. The van der Waals surface area contributed by atoms with Crippen molar-refractivity contribution >= 4 is 17.6 Å². The van der Waals surface area contributed by atoms with Crippen LogP contribution in [0.1, 0.15) is 42.6 Å². The largest absolute Gasteiger partial charge is 0.334 e. The molecular formula is C31H31FN4O2. The van der Waals surface area contributed by atoms with Gasteiger partial charge < -0.3 is 14.8 Å². The fourth-order valence-corrected chi connectivity index (χ4v) is 4.95. The van der Waals surface area contributed by atoms with E-state index in [0.717, 1.165) is 41.0 Å². The molecular weight excluding hydrogens is 479 g/mol. The number of carbonyl (C=O) groups excluding carboxylic acids is 2. The minimum atomic E-state index is -0.464. The maximum absolute atomic E-state index is 14.1. The number of hydrogen-bond acceptors (Lipinski definition) is 2. The normalized spacial score (nSPS) is 13.9. The van der Waals surface area contributed by atoms with Crippen LogP contribution in [0.3, 0.4) is 0 Å². The van der Waals surface area contributed by atoms with E-state index in [-0.39, 0.29) is 24.3 Å². The van der Waals surface area contributed by atoms with Gasteiger partial charge in [-0.1, -0.05) is 67.9 Å². The average Bonchev–Trinajstić information content (AvgIpc) is 3.44. The number of para-hydroxylation sites is 2. The number of carbonyl (C=O) groups is 2. The van der Waals surface area contributed by atoms with Gasteiger partial charge in [0.2, 0.25) is 5.91 Å². The molecule has 4 aromatic rings. The van der Waals surface area contributed by atoms with Crippen LogP contribution in [0, 0.1) is 5.82 Å². The standard InChI is InChI=1S/C31H31FN4O2/c1-2-3-19-34(31(38)33-21-23-10-5-4-6-11-23)22-29(37)36-27-13-8-7-12-26(27)35-20-9-14-28(35)30(36)24-15-17-25(32)18-16-24/h4-18,20,30H,2-3,19,21-22H2,1H3,(H,33,38). The number of unbranched alkanes of at least 4 members (excludes halogenated alkanes) is 1. The highest BCUT2D eigenvalue weighted by Crippen LogP contribution is 2.42. The van der Waals surface area contributed by atoms with Crippen molar-refractivity contribution in [1.82, 2.24) is 14.8 Å². The van der Waals surface area contributed by atoms with Crippen molar-refractivity contribution in [3.63, 3.8) is 0 Å². The lowest BCUT2D eigenvalue weighted by Gasteiger charge is -2.39. The zero-order chi connectivity index (χ0) is 26.5. The molecule has 0 fully saturated rings. The third kappa shape index (κ3) is 5.18. The molecule has 0 aliphatic carbocycles. The monoisotopic (exact) mass is 510 g/mol. The van der Waals surface area contributed by atoms with Gasteiger partial charge in [0, 0.05) is 19.3 Å². The van der Waals surface area contributed by atoms with Crippen LogP contribution >= 0.6 is 0 Å². The molecule has 194 valence electrons. The lowest BCUT2D eigenvalue weighted by molar-refractivity contribution is -0.119. The fraction of sp³-hybridized carbons (Fsp3) is 0.226. The molecule has 1 aromatic heterocycles. The number of benzene rings is 3. The van der Waals surface area contributed by atoms with E-state index in [1.54, 1.807) is 21.9 Å². The first-order valence-corrected chi connectivity index (χ1v) is 13.0. The molecule has 1 aliphatic rings. The van der Waals surface area contributed by atoms with E-state index in [4.69, 9.17) is 0 Å². The quantitative estimate of drug-likeness (QED) is 0.313. The summed E-state index contributed by atoms with van der Waals surface area (Å²) >= 11 is 0. The molecule has 6 nitrogen and oxygen atoms in total. The molecule has 1 aliphatic heterocycles. The molecule has 0 bridgehead atoms. The fourth-order valence-electron chi connectivity index (χ4n) is 4.95. The van der Waals surface area contributed by atoms with E-state index < -0.39 is 6.04 Å². The minimum absolute atomic E-state index is 0.0760. The summed E-state index contributed by atoms with van der Waals surface area (Å²) in [6.07, 6.45) is 3.65. The molecule has 1 atom stereocenters. The highest BCUT2D eigenvalue weighted by molar-refractivity contribution is 6.00. The van der Waals surface area contributed by atoms with E-state index >= 15 is 0 Å². The van der Waals surface area contributed by atoms with Crippen molar-refractivity contribution in [2.45, 2.75) is 32.4 Å². The first-order chi connectivity index (χ1) is 18.6. The van der Waals surface area contributed by atoms with Gasteiger partial charge in [0.25, 0.3) is 0 Å². The maximum atomic E-state index is 14.1. The number of halogens is 1. The first-order valence-electron chi connectivity index (χ1n) is 13.0. The zero-order valence-corrected chi connectivity index (χ0v) is 21.4. The molecule has 3 amide bonds. The lowest BCUT2D eigenvalue weighted by Crippen LogP contribution is -2.49. The van der Waals surface area contributed by atoms with Gasteiger partial charge in [-0.25, -0.2) is 9.18 Å². The van der Waals surface area contributed by atoms with Crippen molar-refractivity contribution < 1.29 is 14.0 Å². The number of anilines is 1. The highest BCUT2D eigenvalue weighted by atomic mass is 19.1. The van der Waals surface area contributed by atoms with Crippen LogP contribution in [-0.4, -0.2) is 34.5 Å². The molecule has 2 heterocycles. The van der Waals surface area contributed by atoms with Gasteiger partial charge in [-0.15, -0.1) is 0 Å². The van der Waals surface area contributed by atoms with Crippen LogP contribution in [0.15, 0.2) is 97.2 Å². The molecule has 3 aromatic carbocycles. The van der Waals surface area contributed by atoms with Gasteiger partial charge in [0.15, 0.2) is 0 Å². The predicted molar refractivity (Wildman–Crippen MR) is 147 cm³/mol. The van der Waals surface area contributed by atoms with Crippen molar-refractivity contribution in [2.75, 3.05) is 18.0 Å². The number of nitrogens with zero attached hydrogens (tertiary/aromatic N) is 3. The first kappa shape index (κ1) is 25.3. The number of urea groups is 1. The Morgan fingerprint density at radius 3 is 2.34 bits per heavy atom. The summed E-state index contributed by atoms with van der Waals surface area (Å²) in [6, 6.07) is 26.9. The number of amides is 3. The molecule has 0 saturated heterocycles. The molecule has 5 rings (SSSR count). The summed E-state index contributed by atoms with van der Waals surface area (Å²) in [7, 11) is 0. The van der Waals surface area contributed by atoms with Crippen LogP contribution in [0.4, 0.5) is 14.9 Å². The summed E-state index contributed by atoms with van der Waals surface area (Å²) < 4.78 is 15.9. The molecule has 0 saturated carbocycles. The van der Waals surface area contributed by atoms with Gasteiger partial charge in [0.05, 0.1) is 17.1 Å². The maximum Gasteiger partial charge on any atom is 0.318 e. The Morgan fingerprint density at radius 2 is 1.61 bits per heavy atom. The van der Waals surface area contributed by atoms with Crippen molar-refractivity contribution in [3.05, 3.63) is 120 Å². The van der Waals surface area contributed by atoms with Crippen LogP contribution in [0.25, 0.3) is 5.69 Å². The lowest BCUT2D eigenvalue weighted by atomic mass is 9.97. The minimum Gasteiger partial charge on any atom is -0.334 e. The second kappa shape index (κ2) is 11.3. The summed E-state index contributed by atoms with van der Waals surface area (Å²) in [5.41, 5.74) is 4.31. The van der Waals surface area contributed by atoms with Gasteiger partial charge in [0.1, 0.15) is 18.4 Å². The van der Waals surface area contributed by atoms with Crippen molar-refractivity contribution in [1.29, 1.82) is 0 Å².